The van der Waals surface area contributed by atoms with Crippen molar-refractivity contribution < 1.29 is 14.6 Å². The summed E-state index contributed by atoms with van der Waals surface area (Å²) >= 11 is 0. The van der Waals surface area contributed by atoms with Crippen molar-refractivity contribution >= 4 is 6.09 Å². The van der Waals surface area contributed by atoms with Gasteiger partial charge in [-0.1, -0.05) is 0 Å². The number of aliphatic hydroxyl groups excluding tert-OH is 1. The summed E-state index contributed by atoms with van der Waals surface area (Å²) < 4.78 is 5.30. The Balaban J connectivity index is 2.37. The van der Waals surface area contributed by atoms with Gasteiger partial charge in [-0.3, -0.25) is 0 Å². The number of nitrogens with one attached hydrogen (secondary N) is 1. The highest BCUT2D eigenvalue weighted by Crippen LogP contribution is 2.32. The summed E-state index contributed by atoms with van der Waals surface area (Å²) in [6.07, 6.45) is 4.18. The first-order valence-corrected chi connectivity index (χ1v) is 6.02. The lowest BCUT2D eigenvalue weighted by molar-refractivity contribution is 0.00938. The number of rotatable bonds is 3. The van der Waals surface area contributed by atoms with Crippen LogP contribution in [0, 0.1) is 5.92 Å². The number of hydrogen-bond acceptors (Lipinski definition) is 3. The van der Waals surface area contributed by atoms with E-state index >= 15 is 0 Å². The van der Waals surface area contributed by atoms with Crippen LogP contribution in [0.1, 0.15) is 46.0 Å². The summed E-state index contributed by atoms with van der Waals surface area (Å²) in [6, 6.07) is 0. The number of ether oxygens (including phenoxy) is 1. The molecule has 0 radical (unpaired) electrons. The van der Waals surface area contributed by atoms with Crippen LogP contribution in [-0.4, -0.2) is 30.0 Å². The molecule has 0 unspecified atom stereocenters. The summed E-state index contributed by atoms with van der Waals surface area (Å²) in [6.45, 7) is 3.88. The minimum atomic E-state index is -0.424. The van der Waals surface area contributed by atoms with Crippen molar-refractivity contribution in [1.82, 2.24) is 5.32 Å². The van der Waals surface area contributed by atoms with Crippen molar-refractivity contribution in [2.75, 3.05) is 7.05 Å². The first kappa shape index (κ1) is 13.3. The maximum absolute atomic E-state index is 11.1. The molecule has 0 aromatic carbocycles. The second-order valence-electron chi connectivity index (χ2n) is 5.28. The number of hydrogen-bond donors (Lipinski definition) is 2. The number of aliphatic hydroxyl groups is 1. The van der Waals surface area contributed by atoms with Crippen LogP contribution in [0.25, 0.3) is 0 Å². The van der Waals surface area contributed by atoms with E-state index in [0.717, 1.165) is 32.1 Å². The predicted octanol–water partition coefficient (Wildman–Crippen LogP) is 2.06. The van der Waals surface area contributed by atoms with Crippen LogP contribution in [0.5, 0.6) is 0 Å². The Labute approximate surface area is 97.4 Å². The van der Waals surface area contributed by atoms with E-state index in [1.165, 1.54) is 0 Å². The van der Waals surface area contributed by atoms with Crippen LogP contribution in [0.4, 0.5) is 4.79 Å². The van der Waals surface area contributed by atoms with Gasteiger partial charge < -0.3 is 15.2 Å². The van der Waals surface area contributed by atoms with Gasteiger partial charge in [0.15, 0.2) is 0 Å². The standard InChI is InChI=1S/C12H23NO3/c1-12(2,16-11(15)13-3)8-9-4-6-10(14)7-5-9/h9-10,14H,4-8H2,1-3H3,(H,13,15). The minimum absolute atomic E-state index is 0.126. The van der Waals surface area contributed by atoms with Crippen LogP contribution >= 0.6 is 0 Å². The van der Waals surface area contributed by atoms with E-state index in [9.17, 15) is 9.90 Å². The van der Waals surface area contributed by atoms with Gasteiger partial charge in [-0.05, 0) is 51.9 Å². The van der Waals surface area contributed by atoms with Gasteiger partial charge in [0.2, 0.25) is 0 Å². The molecule has 0 saturated heterocycles. The average molecular weight is 229 g/mol. The lowest BCUT2D eigenvalue weighted by atomic mass is 9.81. The fraction of sp³-hybridized carbons (Fsp3) is 0.917. The maximum atomic E-state index is 11.1. The van der Waals surface area contributed by atoms with E-state index < -0.39 is 5.60 Å². The zero-order chi connectivity index (χ0) is 12.2. The van der Waals surface area contributed by atoms with Gasteiger partial charge in [0.05, 0.1) is 6.10 Å². The van der Waals surface area contributed by atoms with E-state index in [0.29, 0.717) is 5.92 Å². The average Bonchev–Trinajstić information content (AvgIpc) is 2.20. The van der Waals surface area contributed by atoms with Crippen molar-refractivity contribution in [2.45, 2.75) is 57.7 Å². The number of amides is 1. The van der Waals surface area contributed by atoms with E-state index in [1.54, 1.807) is 7.05 Å². The Bertz CT molecular complexity index is 232. The number of carbonyl (C=O) groups is 1. The van der Waals surface area contributed by atoms with Crippen LogP contribution in [0.2, 0.25) is 0 Å². The molecule has 0 spiro atoms. The van der Waals surface area contributed by atoms with Crippen molar-refractivity contribution in [1.29, 1.82) is 0 Å². The summed E-state index contributed by atoms with van der Waals surface area (Å²) in [5, 5.41) is 11.9. The highest BCUT2D eigenvalue weighted by atomic mass is 16.6. The smallest absolute Gasteiger partial charge is 0.407 e. The Kier molecular flexibility index (Phi) is 4.59. The van der Waals surface area contributed by atoms with Crippen molar-refractivity contribution in [3.63, 3.8) is 0 Å². The van der Waals surface area contributed by atoms with Gasteiger partial charge in [0.25, 0.3) is 0 Å². The minimum Gasteiger partial charge on any atom is -0.444 e. The van der Waals surface area contributed by atoms with Crippen molar-refractivity contribution in [3.8, 4) is 0 Å². The second-order valence-corrected chi connectivity index (χ2v) is 5.28. The molecule has 4 nitrogen and oxygen atoms in total. The molecule has 94 valence electrons. The topological polar surface area (TPSA) is 58.6 Å². The summed E-state index contributed by atoms with van der Waals surface area (Å²) in [5.74, 6) is 0.558. The van der Waals surface area contributed by atoms with E-state index in [-0.39, 0.29) is 12.2 Å². The molecule has 1 aliphatic carbocycles. The molecule has 0 aliphatic heterocycles. The fourth-order valence-electron chi connectivity index (χ4n) is 2.39. The molecule has 0 atom stereocenters. The first-order chi connectivity index (χ1) is 7.43. The van der Waals surface area contributed by atoms with Gasteiger partial charge in [0, 0.05) is 7.05 Å². The maximum Gasteiger partial charge on any atom is 0.407 e. The summed E-state index contributed by atoms with van der Waals surface area (Å²) in [4.78, 5) is 11.1. The molecule has 0 aromatic rings. The predicted molar refractivity (Wildman–Crippen MR) is 62.2 cm³/mol. The molecular formula is C12H23NO3. The lowest BCUT2D eigenvalue weighted by Gasteiger charge is -2.32. The Morgan fingerprint density at radius 1 is 1.38 bits per heavy atom. The van der Waals surface area contributed by atoms with Gasteiger partial charge in [-0.25, -0.2) is 4.79 Å². The van der Waals surface area contributed by atoms with Crippen LogP contribution in [-0.2, 0) is 4.74 Å². The molecule has 4 heteroatoms. The SMILES string of the molecule is CNC(=O)OC(C)(C)CC1CCC(O)CC1. The lowest BCUT2D eigenvalue weighted by Crippen LogP contribution is -2.35. The molecule has 1 saturated carbocycles. The second kappa shape index (κ2) is 5.53. The number of carbonyl (C=O) groups excluding carboxylic acids is 1. The normalized spacial score (nSPS) is 26.2. The molecule has 0 aromatic heterocycles. The molecule has 16 heavy (non-hydrogen) atoms. The fourth-order valence-corrected chi connectivity index (χ4v) is 2.39. The van der Waals surface area contributed by atoms with Gasteiger partial charge in [0.1, 0.15) is 5.60 Å². The number of alkyl carbamates (subject to hydrolysis) is 1. The molecule has 1 fully saturated rings. The van der Waals surface area contributed by atoms with Crippen LogP contribution < -0.4 is 5.32 Å². The monoisotopic (exact) mass is 229 g/mol. The van der Waals surface area contributed by atoms with Gasteiger partial charge in [-0.2, -0.15) is 0 Å². The zero-order valence-electron chi connectivity index (χ0n) is 10.5. The van der Waals surface area contributed by atoms with Crippen LogP contribution in [0.3, 0.4) is 0 Å². The van der Waals surface area contributed by atoms with Gasteiger partial charge >= 0.3 is 6.09 Å². The molecule has 1 amide bonds. The third-order valence-corrected chi connectivity index (χ3v) is 3.17. The Hall–Kier alpha value is -0.770. The molecule has 1 aliphatic rings. The largest absolute Gasteiger partial charge is 0.444 e. The third-order valence-electron chi connectivity index (χ3n) is 3.17. The van der Waals surface area contributed by atoms with E-state index in [4.69, 9.17) is 4.74 Å². The molecule has 1 rings (SSSR count). The summed E-state index contributed by atoms with van der Waals surface area (Å²) in [5.41, 5.74) is -0.424. The quantitative estimate of drug-likeness (QED) is 0.778. The molecule has 2 N–H and O–H groups in total. The Morgan fingerprint density at radius 2 is 1.94 bits per heavy atom. The third kappa shape index (κ3) is 4.39. The van der Waals surface area contributed by atoms with Crippen molar-refractivity contribution in [2.24, 2.45) is 5.92 Å². The van der Waals surface area contributed by atoms with Crippen molar-refractivity contribution in [3.05, 3.63) is 0 Å². The van der Waals surface area contributed by atoms with Crippen LogP contribution in [0.15, 0.2) is 0 Å². The molecule has 0 heterocycles. The molecular weight excluding hydrogens is 206 g/mol. The van der Waals surface area contributed by atoms with E-state index in [2.05, 4.69) is 5.32 Å². The molecule has 0 bridgehead atoms. The highest BCUT2D eigenvalue weighted by molar-refractivity contribution is 5.67. The van der Waals surface area contributed by atoms with Gasteiger partial charge in [-0.15, -0.1) is 0 Å². The highest BCUT2D eigenvalue weighted by Gasteiger charge is 2.29. The summed E-state index contributed by atoms with van der Waals surface area (Å²) in [7, 11) is 1.56. The first-order valence-electron chi connectivity index (χ1n) is 6.02. The Morgan fingerprint density at radius 3 is 2.44 bits per heavy atom. The zero-order valence-corrected chi connectivity index (χ0v) is 10.5. The van der Waals surface area contributed by atoms with E-state index in [1.807, 2.05) is 13.8 Å².